The predicted molar refractivity (Wildman–Crippen MR) is 65.3 cm³/mol. The van der Waals surface area contributed by atoms with Crippen molar-refractivity contribution in [1.29, 1.82) is 0 Å². The van der Waals surface area contributed by atoms with Crippen molar-refractivity contribution in [1.82, 2.24) is 0 Å². The van der Waals surface area contributed by atoms with Crippen LogP contribution in [0.3, 0.4) is 0 Å². The summed E-state index contributed by atoms with van der Waals surface area (Å²) in [5.74, 6) is 0. The summed E-state index contributed by atoms with van der Waals surface area (Å²) in [7, 11) is 0. The van der Waals surface area contributed by atoms with E-state index < -0.39 is 0 Å². The van der Waals surface area contributed by atoms with Gasteiger partial charge in [0, 0.05) is 20.9 Å². The lowest BCUT2D eigenvalue weighted by atomic mass is 10.2. The van der Waals surface area contributed by atoms with E-state index in [1.807, 2.05) is 6.07 Å². The summed E-state index contributed by atoms with van der Waals surface area (Å²) in [6.07, 6.45) is 2.06. The minimum Gasteiger partial charge on any atom is -0.398 e. The highest BCUT2D eigenvalue weighted by Crippen LogP contribution is 2.37. The van der Waals surface area contributed by atoms with Crippen molar-refractivity contribution in [3.63, 3.8) is 0 Å². The van der Waals surface area contributed by atoms with Crippen LogP contribution in [0, 0.1) is 0 Å². The van der Waals surface area contributed by atoms with Crippen molar-refractivity contribution in [2.45, 2.75) is 9.79 Å². The summed E-state index contributed by atoms with van der Waals surface area (Å²) in [4.78, 5) is 2.13. The first kappa shape index (κ1) is 9.24. The van der Waals surface area contributed by atoms with Crippen LogP contribution in [0.25, 0.3) is 10.1 Å². The molecule has 2 N–H and O–H groups in total. The van der Waals surface area contributed by atoms with Crippen LogP contribution in [0.5, 0.6) is 0 Å². The zero-order chi connectivity index (χ0) is 9.42. The lowest BCUT2D eigenvalue weighted by Gasteiger charge is -2.04. The van der Waals surface area contributed by atoms with Gasteiger partial charge in [0.1, 0.15) is 0 Å². The minimum absolute atomic E-state index is 0.766. The largest absolute Gasteiger partial charge is 0.398 e. The Bertz CT molecular complexity index is 447. The van der Waals surface area contributed by atoms with Crippen LogP contribution in [0.15, 0.2) is 27.3 Å². The molecule has 0 unspecified atom stereocenters. The fourth-order valence-electron chi connectivity index (χ4n) is 1.27. The maximum Gasteiger partial charge on any atom is 0.0508 e. The van der Waals surface area contributed by atoms with Crippen molar-refractivity contribution in [3.05, 3.63) is 17.5 Å². The van der Waals surface area contributed by atoms with Crippen LogP contribution in [-0.2, 0) is 0 Å². The van der Waals surface area contributed by atoms with Crippen molar-refractivity contribution >= 4 is 51.5 Å². The molecule has 0 aliphatic rings. The number of hydrogen-bond donors (Lipinski definition) is 2. The lowest BCUT2D eigenvalue weighted by Crippen LogP contribution is -1.87. The first-order chi connectivity index (χ1) is 6.24. The Kier molecular flexibility index (Phi) is 2.45. The van der Waals surface area contributed by atoms with Gasteiger partial charge >= 0.3 is 0 Å². The van der Waals surface area contributed by atoms with Crippen LogP contribution in [0.1, 0.15) is 0 Å². The molecule has 1 aromatic heterocycles. The molecule has 0 atom stereocenters. The smallest absolute Gasteiger partial charge is 0.0508 e. The molecule has 0 aliphatic carbocycles. The lowest BCUT2D eigenvalue weighted by molar-refractivity contribution is 1.48. The second kappa shape index (κ2) is 3.44. The van der Waals surface area contributed by atoms with Gasteiger partial charge in [-0.25, -0.2) is 0 Å². The molecule has 0 bridgehead atoms. The number of thiol groups is 1. The first-order valence-electron chi connectivity index (χ1n) is 3.76. The summed E-state index contributed by atoms with van der Waals surface area (Å²) < 4.78 is 1.19. The molecular weight excluding hydrogens is 218 g/mol. The van der Waals surface area contributed by atoms with Gasteiger partial charge in [-0.2, -0.15) is 0 Å². The number of thiophene rings is 1. The zero-order valence-corrected chi connectivity index (χ0v) is 9.60. The highest BCUT2D eigenvalue weighted by molar-refractivity contribution is 7.98. The van der Waals surface area contributed by atoms with Crippen molar-refractivity contribution in [3.8, 4) is 0 Å². The third-order valence-corrected chi connectivity index (χ3v) is 4.27. The summed E-state index contributed by atoms with van der Waals surface area (Å²) in [5.41, 5.74) is 6.60. The molecule has 0 spiro atoms. The van der Waals surface area contributed by atoms with E-state index in [9.17, 15) is 0 Å². The number of hydrogen-bond acceptors (Lipinski definition) is 4. The Morgan fingerprint density at radius 3 is 3.00 bits per heavy atom. The molecule has 0 saturated heterocycles. The van der Waals surface area contributed by atoms with Crippen molar-refractivity contribution in [2.24, 2.45) is 0 Å². The SMILES string of the molecule is CSc1cc(N)c(S)c2sccc12. The zero-order valence-electron chi connectivity index (χ0n) is 7.07. The fraction of sp³-hybridized carbons (Fsp3) is 0.111. The number of benzene rings is 1. The second-order valence-corrected chi connectivity index (χ2v) is 4.89. The molecule has 0 amide bonds. The molecule has 13 heavy (non-hydrogen) atoms. The van der Waals surface area contributed by atoms with E-state index in [1.165, 1.54) is 15.0 Å². The van der Waals surface area contributed by atoms with Gasteiger partial charge in [0.05, 0.1) is 4.70 Å². The van der Waals surface area contributed by atoms with Gasteiger partial charge < -0.3 is 5.73 Å². The molecule has 0 saturated carbocycles. The third kappa shape index (κ3) is 1.43. The topological polar surface area (TPSA) is 26.0 Å². The fourth-order valence-corrected chi connectivity index (χ4v) is 3.19. The number of anilines is 1. The van der Waals surface area contributed by atoms with E-state index in [2.05, 4.69) is 30.3 Å². The average Bonchev–Trinajstić information content (AvgIpc) is 2.60. The quantitative estimate of drug-likeness (QED) is 0.443. The number of fused-ring (bicyclic) bond motifs is 1. The Labute approximate surface area is 90.7 Å². The summed E-state index contributed by atoms with van der Waals surface area (Å²) in [5, 5.41) is 3.33. The van der Waals surface area contributed by atoms with Crippen LogP contribution in [0.4, 0.5) is 5.69 Å². The van der Waals surface area contributed by atoms with E-state index >= 15 is 0 Å². The van der Waals surface area contributed by atoms with Crippen LogP contribution < -0.4 is 5.73 Å². The molecule has 0 aliphatic heterocycles. The van der Waals surface area contributed by atoms with Gasteiger partial charge in [-0.15, -0.1) is 35.7 Å². The highest BCUT2D eigenvalue weighted by atomic mass is 32.2. The summed E-state index contributed by atoms with van der Waals surface area (Å²) in [6, 6.07) is 4.10. The van der Waals surface area contributed by atoms with Crippen molar-refractivity contribution in [2.75, 3.05) is 12.0 Å². The van der Waals surface area contributed by atoms with E-state index in [0.717, 1.165) is 10.6 Å². The molecule has 2 aromatic rings. The molecule has 1 aromatic carbocycles. The standard InChI is InChI=1S/C9H9NS3/c1-12-7-4-6(10)8(11)9-5(7)2-3-13-9/h2-4,11H,10H2,1H3. The van der Waals surface area contributed by atoms with Gasteiger partial charge in [0.15, 0.2) is 0 Å². The molecule has 0 fully saturated rings. The molecule has 2 rings (SSSR count). The molecule has 1 heterocycles. The Balaban J connectivity index is 2.87. The monoisotopic (exact) mass is 227 g/mol. The Morgan fingerprint density at radius 1 is 1.54 bits per heavy atom. The minimum atomic E-state index is 0.766. The molecule has 0 radical (unpaired) electrons. The van der Waals surface area contributed by atoms with Crippen molar-refractivity contribution < 1.29 is 0 Å². The van der Waals surface area contributed by atoms with E-state index in [4.69, 9.17) is 5.73 Å². The normalized spacial score (nSPS) is 10.9. The third-order valence-electron chi connectivity index (χ3n) is 1.93. The van der Waals surface area contributed by atoms with Gasteiger partial charge in [-0.05, 0) is 23.8 Å². The Hall–Kier alpha value is -0.320. The first-order valence-corrected chi connectivity index (χ1v) is 6.32. The maximum absolute atomic E-state index is 5.84. The van der Waals surface area contributed by atoms with E-state index in [0.29, 0.717) is 0 Å². The van der Waals surface area contributed by atoms with Crippen LogP contribution in [-0.4, -0.2) is 6.26 Å². The van der Waals surface area contributed by atoms with E-state index in [1.54, 1.807) is 23.1 Å². The average molecular weight is 227 g/mol. The van der Waals surface area contributed by atoms with E-state index in [-0.39, 0.29) is 0 Å². The van der Waals surface area contributed by atoms with Gasteiger partial charge in [0.2, 0.25) is 0 Å². The van der Waals surface area contributed by atoms with Gasteiger partial charge in [-0.1, -0.05) is 0 Å². The maximum atomic E-state index is 5.84. The molecule has 4 heteroatoms. The summed E-state index contributed by atoms with van der Waals surface area (Å²) >= 11 is 7.80. The predicted octanol–water partition coefficient (Wildman–Crippen LogP) is 3.49. The molecular formula is C9H9NS3. The van der Waals surface area contributed by atoms with Gasteiger partial charge in [0.25, 0.3) is 0 Å². The second-order valence-electron chi connectivity index (χ2n) is 2.68. The number of nitrogen functional groups attached to an aromatic ring is 1. The molecule has 68 valence electrons. The number of rotatable bonds is 1. The number of thioether (sulfide) groups is 1. The molecule has 1 nitrogen and oxygen atoms in total. The van der Waals surface area contributed by atoms with Crippen LogP contribution >= 0.6 is 35.7 Å². The van der Waals surface area contributed by atoms with Gasteiger partial charge in [-0.3, -0.25) is 0 Å². The summed E-state index contributed by atoms with van der Waals surface area (Å²) in [6.45, 7) is 0. The Morgan fingerprint density at radius 2 is 2.31 bits per heavy atom. The highest BCUT2D eigenvalue weighted by Gasteiger charge is 2.07. The number of nitrogens with two attached hydrogens (primary N) is 1. The van der Waals surface area contributed by atoms with Crippen LogP contribution in [0.2, 0.25) is 0 Å².